The van der Waals surface area contributed by atoms with Crippen molar-refractivity contribution >= 4 is 13.7 Å². The largest absolute Gasteiger partial charge is 0.472 e. The summed E-state index contributed by atoms with van der Waals surface area (Å²) in [5, 5.41) is 13.8. The maximum atomic E-state index is 12.8. The van der Waals surface area contributed by atoms with Crippen molar-refractivity contribution in [2.75, 3.05) is 40.9 Å². The van der Waals surface area contributed by atoms with Crippen LogP contribution in [-0.4, -0.2) is 73.4 Å². The molecule has 0 aromatic rings. The number of amides is 1. The average Bonchev–Trinajstić information content (AvgIpc) is 3.13. The van der Waals surface area contributed by atoms with E-state index in [9.17, 15) is 19.4 Å². The van der Waals surface area contributed by atoms with Gasteiger partial charge in [-0.3, -0.25) is 13.8 Å². The highest BCUT2D eigenvalue weighted by molar-refractivity contribution is 7.47. The van der Waals surface area contributed by atoms with Gasteiger partial charge in [-0.2, -0.15) is 0 Å². The predicted molar refractivity (Wildman–Crippen MR) is 235 cm³/mol. The third-order valence-corrected chi connectivity index (χ3v) is 11.7. The maximum absolute atomic E-state index is 12.8. The lowest BCUT2D eigenvalue weighted by Crippen LogP contribution is -2.45. The van der Waals surface area contributed by atoms with E-state index >= 15 is 0 Å². The number of aliphatic hydroxyl groups is 1. The van der Waals surface area contributed by atoms with Crippen molar-refractivity contribution in [1.82, 2.24) is 5.32 Å². The number of phosphoric acid groups is 1. The number of phosphoric ester groups is 1. The van der Waals surface area contributed by atoms with E-state index in [-0.39, 0.29) is 19.1 Å². The van der Waals surface area contributed by atoms with Gasteiger partial charge >= 0.3 is 7.82 Å². The molecular formula is C46H94N2O6P+. The summed E-state index contributed by atoms with van der Waals surface area (Å²) in [6, 6.07) is -0.839. The van der Waals surface area contributed by atoms with Crippen LogP contribution < -0.4 is 5.32 Å². The first-order valence-corrected chi connectivity index (χ1v) is 25.1. The number of hydrogen-bond donors (Lipinski definition) is 3. The van der Waals surface area contributed by atoms with Gasteiger partial charge in [-0.1, -0.05) is 212 Å². The average molecular weight is 802 g/mol. The van der Waals surface area contributed by atoms with Gasteiger partial charge < -0.3 is 19.8 Å². The van der Waals surface area contributed by atoms with Crippen LogP contribution in [0.2, 0.25) is 0 Å². The van der Waals surface area contributed by atoms with Crippen LogP contribution in [0.1, 0.15) is 226 Å². The molecule has 3 atom stereocenters. The van der Waals surface area contributed by atoms with Crippen LogP contribution in [0.15, 0.2) is 12.2 Å². The zero-order valence-electron chi connectivity index (χ0n) is 37.2. The van der Waals surface area contributed by atoms with Crippen molar-refractivity contribution in [2.45, 2.75) is 238 Å². The molecule has 9 heteroatoms. The number of aliphatic hydroxyl groups excluding tert-OH is 1. The number of carbonyl (C=O) groups excluding carboxylic acids is 1. The topological polar surface area (TPSA) is 105 Å². The Balaban J connectivity index is 4.24. The number of allylic oxidation sites excluding steroid dienone is 1. The number of carbonyl (C=O) groups is 1. The molecule has 0 aromatic carbocycles. The van der Waals surface area contributed by atoms with E-state index in [0.717, 1.165) is 32.1 Å². The smallest absolute Gasteiger partial charge is 0.387 e. The summed E-state index contributed by atoms with van der Waals surface area (Å²) in [6.07, 6.45) is 44.3. The Labute approximate surface area is 342 Å². The van der Waals surface area contributed by atoms with Gasteiger partial charge in [0.2, 0.25) is 5.91 Å². The number of unbranched alkanes of at least 4 members (excludes halogenated alkanes) is 30. The van der Waals surface area contributed by atoms with E-state index in [4.69, 9.17) is 9.05 Å². The van der Waals surface area contributed by atoms with Crippen molar-refractivity contribution in [3.05, 3.63) is 12.2 Å². The molecule has 0 aromatic heterocycles. The van der Waals surface area contributed by atoms with Crippen molar-refractivity contribution in [3.63, 3.8) is 0 Å². The fraction of sp³-hybridized carbons (Fsp3) is 0.935. The molecule has 0 aliphatic heterocycles. The Morgan fingerprint density at radius 1 is 0.600 bits per heavy atom. The normalized spacial score (nSPS) is 14.4. The quantitative estimate of drug-likeness (QED) is 0.0245. The van der Waals surface area contributed by atoms with Gasteiger partial charge in [-0.15, -0.1) is 0 Å². The summed E-state index contributed by atoms with van der Waals surface area (Å²) in [6.45, 7) is 4.82. The molecule has 328 valence electrons. The van der Waals surface area contributed by atoms with E-state index in [0.29, 0.717) is 17.4 Å². The van der Waals surface area contributed by atoms with Crippen LogP contribution in [0.5, 0.6) is 0 Å². The Bertz CT molecular complexity index is 911. The second-order valence-electron chi connectivity index (χ2n) is 17.5. The van der Waals surface area contributed by atoms with Crippen molar-refractivity contribution in [1.29, 1.82) is 0 Å². The summed E-state index contributed by atoms with van der Waals surface area (Å²) in [4.78, 5) is 23.0. The molecule has 0 fully saturated rings. The van der Waals surface area contributed by atoms with Gasteiger partial charge in [0.1, 0.15) is 13.2 Å². The fourth-order valence-electron chi connectivity index (χ4n) is 6.98. The highest BCUT2D eigenvalue weighted by Gasteiger charge is 2.27. The van der Waals surface area contributed by atoms with Gasteiger partial charge in [0, 0.05) is 6.42 Å². The first-order valence-electron chi connectivity index (χ1n) is 23.6. The predicted octanol–water partition coefficient (Wildman–Crippen LogP) is 13.1. The number of nitrogens with zero attached hydrogens (tertiary/aromatic N) is 1. The van der Waals surface area contributed by atoms with Crippen LogP contribution >= 0.6 is 7.82 Å². The van der Waals surface area contributed by atoms with E-state index < -0.39 is 20.0 Å². The lowest BCUT2D eigenvalue weighted by Gasteiger charge is -2.25. The lowest BCUT2D eigenvalue weighted by molar-refractivity contribution is -0.870. The zero-order chi connectivity index (χ0) is 40.7. The Hall–Kier alpha value is -0.760. The first kappa shape index (κ1) is 54.2. The summed E-state index contributed by atoms with van der Waals surface area (Å²) < 4.78 is 23.5. The lowest BCUT2D eigenvalue weighted by atomic mass is 10.0. The van der Waals surface area contributed by atoms with Gasteiger partial charge in [-0.05, 0) is 19.3 Å². The monoisotopic (exact) mass is 802 g/mol. The maximum Gasteiger partial charge on any atom is 0.472 e. The Kier molecular flexibility index (Phi) is 38.2. The summed E-state index contributed by atoms with van der Waals surface area (Å²) in [5.41, 5.74) is 0. The zero-order valence-corrected chi connectivity index (χ0v) is 38.1. The van der Waals surface area contributed by atoms with Crippen LogP contribution in [-0.2, 0) is 18.4 Å². The minimum atomic E-state index is -4.33. The number of nitrogens with one attached hydrogen (secondary N) is 1. The molecule has 0 radical (unpaired) electrons. The molecule has 3 unspecified atom stereocenters. The van der Waals surface area contributed by atoms with E-state index in [2.05, 4.69) is 19.2 Å². The first-order chi connectivity index (χ1) is 26.5. The fourth-order valence-corrected chi connectivity index (χ4v) is 7.72. The molecule has 0 heterocycles. The molecule has 0 saturated heterocycles. The number of rotatable bonds is 43. The van der Waals surface area contributed by atoms with E-state index in [1.165, 1.54) is 173 Å². The highest BCUT2D eigenvalue weighted by Crippen LogP contribution is 2.43. The summed E-state index contributed by atoms with van der Waals surface area (Å²) >= 11 is 0. The SMILES string of the molecule is CCCCCCCCCCCCCCCCCCCCCCC/C=C/C(O)C(COP(=O)(O)OCC[N+](C)(C)C)NC(=O)CCCCCCCCCCCC. The van der Waals surface area contributed by atoms with Crippen LogP contribution in [0.3, 0.4) is 0 Å². The molecule has 0 rings (SSSR count). The highest BCUT2D eigenvalue weighted by atomic mass is 31.2. The molecule has 0 aliphatic carbocycles. The number of quaternary nitrogens is 1. The van der Waals surface area contributed by atoms with Crippen molar-refractivity contribution in [3.8, 4) is 0 Å². The van der Waals surface area contributed by atoms with E-state index in [1.54, 1.807) is 6.08 Å². The van der Waals surface area contributed by atoms with Gasteiger partial charge in [0.05, 0.1) is 39.9 Å². The second-order valence-corrected chi connectivity index (χ2v) is 18.9. The Morgan fingerprint density at radius 3 is 1.35 bits per heavy atom. The van der Waals surface area contributed by atoms with Crippen LogP contribution in [0.25, 0.3) is 0 Å². The molecule has 1 amide bonds. The van der Waals surface area contributed by atoms with Crippen molar-refractivity contribution < 1.29 is 32.9 Å². The molecule has 3 N–H and O–H groups in total. The Morgan fingerprint density at radius 2 is 0.964 bits per heavy atom. The molecule has 0 spiro atoms. The second kappa shape index (κ2) is 38.7. The minimum absolute atomic E-state index is 0.0645. The van der Waals surface area contributed by atoms with Crippen LogP contribution in [0.4, 0.5) is 0 Å². The molecule has 8 nitrogen and oxygen atoms in total. The molecular weight excluding hydrogens is 707 g/mol. The molecule has 0 saturated carbocycles. The van der Waals surface area contributed by atoms with Crippen LogP contribution in [0, 0.1) is 0 Å². The molecule has 0 aliphatic rings. The van der Waals surface area contributed by atoms with E-state index in [1.807, 2.05) is 27.2 Å². The molecule has 0 bridgehead atoms. The minimum Gasteiger partial charge on any atom is -0.387 e. The van der Waals surface area contributed by atoms with Gasteiger partial charge in [-0.25, -0.2) is 4.57 Å². The summed E-state index contributed by atoms with van der Waals surface area (Å²) in [7, 11) is 1.58. The van der Waals surface area contributed by atoms with Gasteiger partial charge in [0.25, 0.3) is 0 Å². The number of likely N-dealkylation sites (N-methyl/N-ethyl adjacent to an activating group) is 1. The van der Waals surface area contributed by atoms with Gasteiger partial charge in [0.15, 0.2) is 0 Å². The number of hydrogen-bond acceptors (Lipinski definition) is 5. The third kappa shape index (κ3) is 41.2. The van der Waals surface area contributed by atoms with Crippen molar-refractivity contribution in [2.24, 2.45) is 0 Å². The standard InChI is InChI=1S/C46H93N2O6P/c1-6-8-10-12-14-16-18-19-20-21-22-23-24-25-26-27-28-29-30-31-33-35-37-39-45(49)44(43-54-55(51,52)53-42-41-48(3,4)5)47-46(50)40-38-36-34-32-17-15-13-11-9-7-2/h37,39,44-45,49H,6-36,38,40-43H2,1-5H3,(H-,47,50,51,52)/p+1/b39-37+. The summed E-state index contributed by atoms with van der Waals surface area (Å²) in [5.74, 6) is -0.177. The molecule has 55 heavy (non-hydrogen) atoms. The third-order valence-electron chi connectivity index (χ3n) is 10.8.